The van der Waals surface area contributed by atoms with E-state index in [0.29, 0.717) is 29.6 Å². The molecule has 0 spiro atoms. The largest absolute Gasteiger partial charge is 0.493 e. The Bertz CT molecular complexity index is 840. The summed E-state index contributed by atoms with van der Waals surface area (Å²) in [6.07, 6.45) is 2.16. The molecular formula is C19H23N3O5. The van der Waals surface area contributed by atoms with Crippen molar-refractivity contribution < 1.29 is 19.1 Å². The van der Waals surface area contributed by atoms with Crippen LogP contribution in [0.15, 0.2) is 41.3 Å². The lowest BCUT2D eigenvalue weighted by atomic mass is 10.1. The maximum Gasteiger partial charge on any atom is 0.271 e. The zero-order valence-corrected chi connectivity index (χ0v) is 15.5. The topological polar surface area (TPSA) is 110 Å². The van der Waals surface area contributed by atoms with Crippen molar-refractivity contribution in [3.8, 4) is 11.5 Å². The maximum atomic E-state index is 12.2. The Morgan fingerprint density at radius 1 is 1.04 bits per heavy atom. The van der Waals surface area contributed by atoms with E-state index in [1.54, 1.807) is 12.1 Å². The summed E-state index contributed by atoms with van der Waals surface area (Å²) in [7, 11) is 1.49. The quantitative estimate of drug-likeness (QED) is 0.642. The number of amides is 2. The molecule has 2 rings (SSSR count). The first-order valence-electron chi connectivity index (χ1n) is 8.51. The van der Waals surface area contributed by atoms with Crippen molar-refractivity contribution in [2.24, 2.45) is 5.92 Å². The molecule has 1 heterocycles. The number of methoxy groups -OCH3 is 1. The molecule has 0 fully saturated rings. The average Bonchev–Trinajstić information content (AvgIpc) is 2.66. The number of benzene rings is 1. The van der Waals surface area contributed by atoms with Gasteiger partial charge in [-0.15, -0.1) is 0 Å². The van der Waals surface area contributed by atoms with Gasteiger partial charge in [-0.1, -0.05) is 13.8 Å². The van der Waals surface area contributed by atoms with E-state index >= 15 is 0 Å². The molecule has 0 aliphatic heterocycles. The standard InChI is InChI=1S/C19H23N3O5/c1-12(2)8-9-27-15-6-4-13(10-16(15)26-3)18(24)21-22-19(25)14-5-7-17(23)20-11-14/h4-7,10-12H,8-9H2,1-3H3,(H,20,23)(H,21,24)(H,22,25). The van der Waals surface area contributed by atoms with E-state index in [1.165, 1.54) is 31.5 Å². The number of aromatic nitrogens is 1. The molecule has 0 unspecified atom stereocenters. The molecule has 2 amide bonds. The number of aromatic amines is 1. The Hall–Kier alpha value is -3.29. The minimum Gasteiger partial charge on any atom is -0.493 e. The number of hydrogen-bond acceptors (Lipinski definition) is 5. The van der Waals surface area contributed by atoms with Crippen LogP contribution in [0.2, 0.25) is 0 Å². The summed E-state index contributed by atoms with van der Waals surface area (Å²) in [6.45, 7) is 4.76. The van der Waals surface area contributed by atoms with Gasteiger partial charge >= 0.3 is 0 Å². The molecule has 8 heteroatoms. The summed E-state index contributed by atoms with van der Waals surface area (Å²) in [5.74, 6) is 0.428. The molecule has 0 radical (unpaired) electrons. The summed E-state index contributed by atoms with van der Waals surface area (Å²) in [6, 6.07) is 7.34. The lowest BCUT2D eigenvalue weighted by Crippen LogP contribution is -2.41. The zero-order valence-electron chi connectivity index (χ0n) is 15.5. The van der Waals surface area contributed by atoms with Gasteiger partial charge in [-0.05, 0) is 36.6 Å². The summed E-state index contributed by atoms with van der Waals surface area (Å²) in [5, 5.41) is 0. The highest BCUT2D eigenvalue weighted by molar-refractivity contribution is 5.99. The van der Waals surface area contributed by atoms with Crippen LogP contribution in [0.4, 0.5) is 0 Å². The molecule has 0 atom stereocenters. The fourth-order valence-electron chi connectivity index (χ4n) is 2.14. The summed E-state index contributed by atoms with van der Waals surface area (Å²) in [4.78, 5) is 37.6. The number of hydrazine groups is 1. The third kappa shape index (κ3) is 5.88. The van der Waals surface area contributed by atoms with Crippen LogP contribution < -0.4 is 25.9 Å². The molecule has 27 heavy (non-hydrogen) atoms. The van der Waals surface area contributed by atoms with Crippen LogP contribution in [-0.2, 0) is 0 Å². The van der Waals surface area contributed by atoms with Crippen LogP contribution in [0.3, 0.4) is 0 Å². The number of carbonyl (C=O) groups excluding carboxylic acids is 2. The van der Waals surface area contributed by atoms with Gasteiger partial charge in [-0.2, -0.15) is 0 Å². The fraction of sp³-hybridized carbons (Fsp3) is 0.316. The minimum absolute atomic E-state index is 0.210. The van der Waals surface area contributed by atoms with Crippen LogP contribution in [0.25, 0.3) is 0 Å². The maximum absolute atomic E-state index is 12.2. The number of carbonyl (C=O) groups is 2. The highest BCUT2D eigenvalue weighted by atomic mass is 16.5. The molecule has 0 aliphatic carbocycles. The van der Waals surface area contributed by atoms with E-state index in [9.17, 15) is 14.4 Å². The summed E-state index contributed by atoms with van der Waals surface area (Å²) < 4.78 is 11.0. The number of rotatable bonds is 7. The molecular weight excluding hydrogens is 350 g/mol. The van der Waals surface area contributed by atoms with Gasteiger partial charge < -0.3 is 14.5 Å². The van der Waals surface area contributed by atoms with Gasteiger partial charge in [-0.25, -0.2) is 0 Å². The SMILES string of the molecule is COc1cc(C(=O)NNC(=O)c2ccc(=O)[nH]c2)ccc1OCCC(C)C. The fourth-order valence-corrected chi connectivity index (χ4v) is 2.14. The van der Waals surface area contributed by atoms with E-state index in [2.05, 4.69) is 29.7 Å². The van der Waals surface area contributed by atoms with E-state index < -0.39 is 11.8 Å². The molecule has 0 saturated heterocycles. The molecule has 0 aliphatic rings. The second-order valence-corrected chi connectivity index (χ2v) is 6.25. The van der Waals surface area contributed by atoms with Crippen molar-refractivity contribution in [3.63, 3.8) is 0 Å². The average molecular weight is 373 g/mol. The number of hydrogen-bond donors (Lipinski definition) is 3. The van der Waals surface area contributed by atoms with E-state index in [1.807, 2.05) is 0 Å². The monoisotopic (exact) mass is 373 g/mol. The predicted molar refractivity (Wildman–Crippen MR) is 99.9 cm³/mol. The van der Waals surface area contributed by atoms with Gasteiger partial charge in [-0.3, -0.25) is 25.2 Å². The lowest BCUT2D eigenvalue weighted by Gasteiger charge is -2.13. The Morgan fingerprint density at radius 2 is 1.70 bits per heavy atom. The molecule has 2 aromatic rings. The molecule has 0 saturated carbocycles. The smallest absolute Gasteiger partial charge is 0.271 e. The van der Waals surface area contributed by atoms with Crippen molar-refractivity contribution in [3.05, 3.63) is 58.0 Å². The Balaban J connectivity index is 1.98. The highest BCUT2D eigenvalue weighted by Gasteiger charge is 2.13. The van der Waals surface area contributed by atoms with Crippen LogP contribution in [0.1, 0.15) is 41.0 Å². The van der Waals surface area contributed by atoms with Gasteiger partial charge in [0.1, 0.15) is 0 Å². The Morgan fingerprint density at radius 3 is 2.30 bits per heavy atom. The van der Waals surface area contributed by atoms with Crippen LogP contribution >= 0.6 is 0 Å². The molecule has 3 N–H and O–H groups in total. The van der Waals surface area contributed by atoms with Crippen LogP contribution in [-0.4, -0.2) is 30.5 Å². The summed E-state index contributed by atoms with van der Waals surface area (Å²) >= 11 is 0. The Labute approximate surface area is 156 Å². The molecule has 144 valence electrons. The molecule has 1 aromatic carbocycles. The van der Waals surface area contributed by atoms with E-state index in [4.69, 9.17) is 9.47 Å². The van der Waals surface area contributed by atoms with Crippen LogP contribution in [0.5, 0.6) is 11.5 Å². The van der Waals surface area contributed by atoms with Crippen molar-refractivity contribution in [2.75, 3.05) is 13.7 Å². The first-order valence-corrected chi connectivity index (χ1v) is 8.51. The van der Waals surface area contributed by atoms with Gasteiger partial charge in [0, 0.05) is 17.8 Å². The first-order chi connectivity index (χ1) is 12.9. The van der Waals surface area contributed by atoms with Crippen molar-refractivity contribution >= 4 is 11.8 Å². The third-order valence-corrected chi connectivity index (χ3v) is 3.71. The van der Waals surface area contributed by atoms with Crippen molar-refractivity contribution in [2.45, 2.75) is 20.3 Å². The zero-order chi connectivity index (χ0) is 19.8. The number of nitrogens with one attached hydrogen (secondary N) is 3. The second-order valence-electron chi connectivity index (χ2n) is 6.25. The number of ether oxygens (including phenoxy) is 2. The molecule has 1 aromatic heterocycles. The van der Waals surface area contributed by atoms with Gasteiger partial charge in [0.2, 0.25) is 5.56 Å². The van der Waals surface area contributed by atoms with Crippen molar-refractivity contribution in [1.82, 2.24) is 15.8 Å². The first kappa shape index (κ1) is 20.0. The van der Waals surface area contributed by atoms with Crippen molar-refractivity contribution in [1.29, 1.82) is 0 Å². The van der Waals surface area contributed by atoms with Gasteiger partial charge in [0.25, 0.3) is 11.8 Å². The highest BCUT2D eigenvalue weighted by Crippen LogP contribution is 2.28. The lowest BCUT2D eigenvalue weighted by molar-refractivity contribution is 0.0846. The van der Waals surface area contributed by atoms with E-state index in [0.717, 1.165) is 6.42 Å². The predicted octanol–water partition coefficient (Wildman–Crippen LogP) is 1.88. The normalized spacial score (nSPS) is 10.4. The van der Waals surface area contributed by atoms with E-state index in [-0.39, 0.29) is 11.1 Å². The number of pyridine rings is 1. The van der Waals surface area contributed by atoms with Crippen LogP contribution in [0, 0.1) is 5.92 Å². The third-order valence-electron chi connectivity index (χ3n) is 3.71. The minimum atomic E-state index is -0.555. The summed E-state index contributed by atoms with van der Waals surface area (Å²) in [5.41, 5.74) is 4.78. The second kappa shape index (κ2) is 9.42. The number of H-pyrrole nitrogens is 1. The molecule has 0 bridgehead atoms. The Kier molecular flexibility index (Phi) is 6.99. The molecule has 8 nitrogen and oxygen atoms in total. The van der Waals surface area contributed by atoms with Gasteiger partial charge in [0.15, 0.2) is 11.5 Å². The van der Waals surface area contributed by atoms with Gasteiger partial charge in [0.05, 0.1) is 19.3 Å².